The number of carbonyl (C=O) groups excluding carboxylic acids is 2. The van der Waals surface area contributed by atoms with Crippen molar-refractivity contribution < 1.29 is 14.3 Å². The highest BCUT2D eigenvalue weighted by atomic mass is 16.5. The molecular weight excluding hydrogens is 308 g/mol. The first-order valence-electron chi connectivity index (χ1n) is 7.88. The molecule has 0 atom stereocenters. The zero-order valence-corrected chi connectivity index (χ0v) is 13.4. The van der Waals surface area contributed by atoms with Crippen molar-refractivity contribution in [3.63, 3.8) is 0 Å². The van der Waals surface area contributed by atoms with E-state index in [1.54, 1.807) is 29.2 Å². The minimum atomic E-state index is -0.310. The molecule has 1 fully saturated rings. The molecule has 0 radical (unpaired) electrons. The number of nitriles is 1. The maximum atomic E-state index is 11.9. The van der Waals surface area contributed by atoms with Crippen molar-refractivity contribution in [3.05, 3.63) is 29.8 Å². The maximum absolute atomic E-state index is 11.9. The lowest BCUT2D eigenvalue weighted by molar-refractivity contribution is -0.135. The number of nitrogens with one attached hydrogen (secondary N) is 1. The molecule has 0 aromatic heterocycles. The van der Waals surface area contributed by atoms with E-state index < -0.39 is 0 Å². The predicted molar refractivity (Wildman–Crippen MR) is 88.3 cm³/mol. The van der Waals surface area contributed by atoms with Gasteiger partial charge in [-0.2, -0.15) is 10.4 Å². The van der Waals surface area contributed by atoms with Crippen LogP contribution in [0.3, 0.4) is 0 Å². The number of benzene rings is 1. The Hall–Kier alpha value is -2.88. The van der Waals surface area contributed by atoms with Crippen LogP contribution in [-0.2, 0) is 9.59 Å². The Balaban J connectivity index is 1.79. The van der Waals surface area contributed by atoms with Crippen molar-refractivity contribution in [2.75, 3.05) is 19.7 Å². The molecule has 7 heteroatoms. The van der Waals surface area contributed by atoms with E-state index in [1.165, 1.54) is 6.21 Å². The Labute approximate surface area is 140 Å². The van der Waals surface area contributed by atoms with Crippen LogP contribution in [0.1, 0.15) is 31.2 Å². The summed E-state index contributed by atoms with van der Waals surface area (Å²) in [6.07, 6.45) is 4.87. The number of ether oxygens (including phenoxy) is 1. The van der Waals surface area contributed by atoms with Crippen LogP contribution in [-0.4, -0.2) is 42.6 Å². The summed E-state index contributed by atoms with van der Waals surface area (Å²) in [6.45, 7) is 0.663. The summed E-state index contributed by atoms with van der Waals surface area (Å²) in [6, 6.07) is 8.86. The zero-order valence-electron chi connectivity index (χ0n) is 13.4. The normalized spacial score (nSPS) is 15.0. The van der Waals surface area contributed by atoms with E-state index in [1.807, 2.05) is 6.07 Å². The van der Waals surface area contributed by atoms with Crippen LogP contribution < -0.4 is 10.2 Å². The number of nitrogens with zero attached hydrogens (tertiary/aromatic N) is 3. The van der Waals surface area contributed by atoms with Crippen LogP contribution in [0.15, 0.2) is 29.4 Å². The standard InChI is InChI=1S/C17H20N4O3/c18-9-11-24-15-7-5-14(6-8-15)12-19-20-16(22)13-21-10-3-1-2-4-17(21)23/h5-8,12H,1-4,10-11,13H2,(H,20,22)/b19-12-. The maximum Gasteiger partial charge on any atom is 0.259 e. The third kappa shape index (κ3) is 5.72. The van der Waals surface area contributed by atoms with Crippen molar-refractivity contribution >= 4 is 18.0 Å². The van der Waals surface area contributed by atoms with E-state index in [2.05, 4.69) is 10.5 Å². The first-order chi connectivity index (χ1) is 11.7. The molecule has 1 aromatic carbocycles. The fourth-order valence-electron chi connectivity index (χ4n) is 2.36. The summed E-state index contributed by atoms with van der Waals surface area (Å²) < 4.78 is 5.14. The molecule has 1 N–H and O–H groups in total. The fraction of sp³-hybridized carbons (Fsp3) is 0.412. The number of rotatable bonds is 6. The minimum absolute atomic E-state index is 0.00128. The van der Waals surface area contributed by atoms with Gasteiger partial charge in [-0.25, -0.2) is 5.43 Å². The first-order valence-corrected chi connectivity index (χ1v) is 7.88. The Morgan fingerprint density at radius 3 is 2.88 bits per heavy atom. The first kappa shape index (κ1) is 17.5. The third-order valence-corrected chi connectivity index (χ3v) is 3.59. The highest BCUT2D eigenvalue weighted by Crippen LogP contribution is 2.11. The summed E-state index contributed by atoms with van der Waals surface area (Å²) >= 11 is 0. The predicted octanol–water partition coefficient (Wildman–Crippen LogP) is 1.44. The van der Waals surface area contributed by atoms with Gasteiger partial charge in [0.2, 0.25) is 5.91 Å². The summed E-state index contributed by atoms with van der Waals surface area (Å²) in [4.78, 5) is 25.3. The van der Waals surface area contributed by atoms with E-state index >= 15 is 0 Å². The van der Waals surface area contributed by atoms with E-state index in [4.69, 9.17) is 10.00 Å². The number of carbonyl (C=O) groups is 2. The Morgan fingerprint density at radius 2 is 2.12 bits per heavy atom. The monoisotopic (exact) mass is 328 g/mol. The van der Waals surface area contributed by atoms with E-state index in [-0.39, 0.29) is 25.0 Å². The van der Waals surface area contributed by atoms with Gasteiger partial charge in [-0.3, -0.25) is 9.59 Å². The number of hydrogen-bond acceptors (Lipinski definition) is 5. The molecule has 0 bridgehead atoms. The number of hydrogen-bond donors (Lipinski definition) is 1. The molecule has 1 aliphatic heterocycles. The molecular formula is C17H20N4O3. The lowest BCUT2D eigenvalue weighted by Crippen LogP contribution is -2.39. The average Bonchev–Trinajstić information content (AvgIpc) is 2.79. The summed E-state index contributed by atoms with van der Waals surface area (Å²) in [5.41, 5.74) is 3.21. The summed E-state index contributed by atoms with van der Waals surface area (Å²) in [5, 5.41) is 12.3. The molecule has 0 spiro atoms. The van der Waals surface area contributed by atoms with Crippen LogP contribution in [0, 0.1) is 11.3 Å². The van der Waals surface area contributed by atoms with Gasteiger partial charge in [0.1, 0.15) is 18.4 Å². The van der Waals surface area contributed by atoms with Crippen molar-refractivity contribution in [1.29, 1.82) is 5.26 Å². The van der Waals surface area contributed by atoms with Gasteiger partial charge in [0.15, 0.2) is 6.61 Å². The molecule has 126 valence electrons. The summed E-state index contributed by atoms with van der Waals surface area (Å²) in [7, 11) is 0. The largest absolute Gasteiger partial charge is 0.479 e. The molecule has 0 saturated carbocycles. The van der Waals surface area contributed by atoms with Crippen LogP contribution in [0.5, 0.6) is 5.75 Å². The van der Waals surface area contributed by atoms with E-state index in [0.717, 1.165) is 24.8 Å². The molecule has 24 heavy (non-hydrogen) atoms. The van der Waals surface area contributed by atoms with Gasteiger partial charge in [-0.05, 0) is 42.7 Å². The lowest BCUT2D eigenvalue weighted by Gasteiger charge is -2.18. The van der Waals surface area contributed by atoms with Crippen LogP contribution >= 0.6 is 0 Å². The topological polar surface area (TPSA) is 94.8 Å². The van der Waals surface area contributed by atoms with Crippen molar-refractivity contribution in [2.24, 2.45) is 5.10 Å². The molecule has 2 amide bonds. The van der Waals surface area contributed by atoms with Crippen molar-refractivity contribution in [3.8, 4) is 11.8 Å². The molecule has 0 aliphatic carbocycles. The number of likely N-dealkylation sites (tertiary alicyclic amines) is 1. The third-order valence-electron chi connectivity index (χ3n) is 3.59. The van der Waals surface area contributed by atoms with Gasteiger partial charge >= 0.3 is 0 Å². The highest BCUT2D eigenvalue weighted by Gasteiger charge is 2.18. The highest BCUT2D eigenvalue weighted by molar-refractivity contribution is 5.86. The minimum Gasteiger partial charge on any atom is -0.479 e. The number of amides is 2. The van der Waals surface area contributed by atoms with Crippen LogP contribution in [0.4, 0.5) is 0 Å². The van der Waals surface area contributed by atoms with Gasteiger partial charge in [0, 0.05) is 13.0 Å². The summed E-state index contributed by atoms with van der Waals surface area (Å²) in [5.74, 6) is 0.312. The van der Waals surface area contributed by atoms with Gasteiger partial charge in [0.05, 0.1) is 6.21 Å². The Bertz CT molecular complexity index is 634. The quantitative estimate of drug-likeness (QED) is 0.631. The molecule has 2 rings (SSSR count). The number of hydrazone groups is 1. The fourth-order valence-corrected chi connectivity index (χ4v) is 2.36. The van der Waals surface area contributed by atoms with Crippen molar-refractivity contribution in [2.45, 2.75) is 25.7 Å². The SMILES string of the molecule is N#CCOc1ccc(/C=N\NC(=O)CN2CCCCCC2=O)cc1. The van der Waals surface area contributed by atoms with Gasteiger partial charge in [0.25, 0.3) is 5.91 Å². The van der Waals surface area contributed by atoms with Gasteiger partial charge in [-0.1, -0.05) is 6.42 Å². The average molecular weight is 328 g/mol. The Morgan fingerprint density at radius 1 is 1.33 bits per heavy atom. The van der Waals surface area contributed by atoms with Crippen LogP contribution in [0.2, 0.25) is 0 Å². The zero-order chi connectivity index (χ0) is 17.2. The van der Waals surface area contributed by atoms with Gasteiger partial charge < -0.3 is 9.64 Å². The second kappa shape index (κ2) is 9.30. The van der Waals surface area contributed by atoms with Crippen molar-refractivity contribution in [1.82, 2.24) is 10.3 Å². The molecule has 0 unspecified atom stereocenters. The molecule has 7 nitrogen and oxygen atoms in total. The molecule has 1 heterocycles. The van der Waals surface area contributed by atoms with Gasteiger partial charge in [-0.15, -0.1) is 0 Å². The smallest absolute Gasteiger partial charge is 0.259 e. The second-order valence-electron chi connectivity index (χ2n) is 5.43. The second-order valence-corrected chi connectivity index (χ2v) is 5.43. The molecule has 1 aromatic rings. The van der Waals surface area contributed by atoms with E-state index in [0.29, 0.717) is 18.7 Å². The molecule has 1 aliphatic rings. The molecule has 1 saturated heterocycles. The lowest BCUT2D eigenvalue weighted by atomic mass is 10.2. The van der Waals surface area contributed by atoms with Crippen LogP contribution in [0.25, 0.3) is 0 Å². The van der Waals surface area contributed by atoms with E-state index in [9.17, 15) is 9.59 Å². The Kier molecular flexibility index (Phi) is 6.77.